The molecule has 0 radical (unpaired) electrons. The average Bonchev–Trinajstić information content (AvgIpc) is 2.75. The van der Waals surface area contributed by atoms with Crippen LogP contribution in [0.4, 0.5) is 4.79 Å². The molecular weight excluding hydrogens is 419 g/mol. The molecule has 0 N–H and O–H groups in total. The van der Waals surface area contributed by atoms with Gasteiger partial charge in [-0.15, -0.1) is 0 Å². The number of rotatable bonds is 6. The fourth-order valence-electron chi connectivity index (χ4n) is 4.51. The van der Waals surface area contributed by atoms with Crippen molar-refractivity contribution in [2.45, 2.75) is 25.8 Å². The Balaban J connectivity index is 1.25. The van der Waals surface area contributed by atoms with Crippen LogP contribution in [0, 0.1) is 11.8 Å². The number of halogens is 2. The fraction of sp³-hybridized carbons (Fsp3) is 0.458. The van der Waals surface area contributed by atoms with E-state index in [-0.39, 0.29) is 6.09 Å². The van der Waals surface area contributed by atoms with E-state index in [0.717, 1.165) is 66.6 Å². The lowest BCUT2D eigenvalue weighted by Crippen LogP contribution is -2.47. The van der Waals surface area contributed by atoms with E-state index in [9.17, 15) is 4.79 Å². The van der Waals surface area contributed by atoms with Crippen LogP contribution in [0.25, 0.3) is 0 Å². The molecule has 2 aromatic rings. The maximum Gasteiger partial charge on any atom is 0.410 e. The zero-order chi connectivity index (χ0) is 20.9. The predicted molar refractivity (Wildman–Crippen MR) is 121 cm³/mol. The molecule has 2 heterocycles. The SMILES string of the molecule is O=C1OCC(CN2CCC(Cc3cc(Cl)ccc3Cl)CC2)CN1Cc1ccccc1. The van der Waals surface area contributed by atoms with Gasteiger partial charge in [-0.1, -0.05) is 53.5 Å². The Kier molecular flexibility index (Phi) is 7.19. The van der Waals surface area contributed by atoms with Gasteiger partial charge in [0.05, 0.1) is 6.61 Å². The number of amides is 1. The van der Waals surface area contributed by atoms with Gasteiger partial charge in [0.1, 0.15) is 0 Å². The lowest BCUT2D eigenvalue weighted by atomic mass is 9.89. The van der Waals surface area contributed by atoms with E-state index in [1.54, 1.807) is 0 Å². The molecule has 1 unspecified atom stereocenters. The maximum atomic E-state index is 12.2. The first-order chi connectivity index (χ1) is 14.6. The Morgan fingerprint density at radius 1 is 1.00 bits per heavy atom. The summed E-state index contributed by atoms with van der Waals surface area (Å²) in [6.07, 6.45) is 3.10. The monoisotopic (exact) mass is 446 g/mol. The lowest BCUT2D eigenvalue weighted by Gasteiger charge is -2.38. The van der Waals surface area contributed by atoms with Gasteiger partial charge in [0.25, 0.3) is 0 Å². The molecular formula is C24H28Cl2N2O2. The van der Waals surface area contributed by atoms with Gasteiger partial charge in [-0.05, 0) is 67.6 Å². The highest BCUT2D eigenvalue weighted by atomic mass is 35.5. The molecule has 0 spiro atoms. The van der Waals surface area contributed by atoms with Crippen LogP contribution in [0.3, 0.4) is 0 Å². The summed E-state index contributed by atoms with van der Waals surface area (Å²) in [6, 6.07) is 15.8. The zero-order valence-corrected chi connectivity index (χ0v) is 18.6. The highest BCUT2D eigenvalue weighted by Crippen LogP contribution is 2.28. The molecule has 0 saturated carbocycles. The zero-order valence-electron chi connectivity index (χ0n) is 17.1. The van der Waals surface area contributed by atoms with Gasteiger partial charge in [-0.2, -0.15) is 0 Å². The van der Waals surface area contributed by atoms with Crippen molar-refractivity contribution >= 4 is 29.3 Å². The molecule has 4 nitrogen and oxygen atoms in total. The van der Waals surface area contributed by atoms with Crippen LogP contribution in [0.2, 0.25) is 10.0 Å². The molecule has 2 aromatic carbocycles. The first-order valence-electron chi connectivity index (χ1n) is 10.7. The summed E-state index contributed by atoms with van der Waals surface area (Å²) < 4.78 is 5.47. The van der Waals surface area contributed by atoms with E-state index in [4.69, 9.17) is 27.9 Å². The second-order valence-electron chi connectivity index (χ2n) is 8.49. The molecule has 6 heteroatoms. The normalized spacial score (nSPS) is 20.9. The van der Waals surface area contributed by atoms with Gasteiger partial charge >= 0.3 is 6.09 Å². The van der Waals surface area contributed by atoms with E-state index >= 15 is 0 Å². The minimum atomic E-state index is -0.202. The minimum Gasteiger partial charge on any atom is -0.449 e. The number of piperidine rings is 1. The van der Waals surface area contributed by atoms with Gasteiger partial charge in [0.15, 0.2) is 0 Å². The van der Waals surface area contributed by atoms with Crippen molar-refractivity contribution < 1.29 is 9.53 Å². The largest absolute Gasteiger partial charge is 0.449 e. The van der Waals surface area contributed by atoms with Crippen LogP contribution in [-0.2, 0) is 17.7 Å². The highest BCUT2D eigenvalue weighted by molar-refractivity contribution is 6.33. The Morgan fingerprint density at radius 3 is 2.53 bits per heavy atom. The fourth-order valence-corrected chi connectivity index (χ4v) is 4.90. The van der Waals surface area contributed by atoms with Crippen LogP contribution >= 0.6 is 23.2 Å². The van der Waals surface area contributed by atoms with Crippen molar-refractivity contribution in [1.29, 1.82) is 0 Å². The van der Waals surface area contributed by atoms with Gasteiger partial charge < -0.3 is 14.5 Å². The summed E-state index contributed by atoms with van der Waals surface area (Å²) in [5.74, 6) is 0.987. The number of benzene rings is 2. The number of carbonyl (C=O) groups excluding carboxylic acids is 1. The van der Waals surface area contributed by atoms with Gasteiger partial charge in [0.2, 0.25) is 0 Å². The number of likely N-dealkylation sites (tertiary alicyclic amines) is 1. The summed E-state index contributed by atoms with van der Waals surface area (Å²) >= 11 is 12.5. The van der Waals surface area contributed by atoms with Crippen LogP contribution in [-0.4, -0.2) is 48.7 Å². The molecule has 4 rings (SSSR count). The molecule has 0 aromatic heterocycles. The van der Waals surface area contributed by atoms with Gasteiger partial charge in [-0.3, -0.25) is 0 Å². The molecule has 0 bridgehead atoms. The Morgan fingerprint density at radius 2 is 1.77 bits per heavy atom. The molecule has 1 atom stereocenters. The van der Waals surface area contributed by atoms with Crippen LogP contribution < -0.4 is 0 Å². The van der Waals surface area contributed by atoms with Crippen molar-refractivity contribution in [3.63, 3.8) is 0 Å². The topological polar surface area (TPSA) is 32.8 Å². The standard InChI is InChI=1S/C24H28Cl2N2O2/c25-22-6-7-23(26)21(13-22)12-18-8-10-27(11-9-18)14-20-16-28(24(29)30-17-20)15-19-4-2-1-3-5-19/h1-7,13,18,20H,8-12,14-17H2. The molecule has 2 aliphatic heterocycles. The van der Waals surface area contributed by atoms with Crippen molar-refractivity contribution in [3.8, 4) is 0 Å². The number of hydrogen-bond acceptors (Lipinski definition) is 3. The third kappa shape index (κ3) is 5.69. The molecule has 2 fully saturated rings. The predicted octanol–water partition coefficient (Wildman–Crippen LogP) is 5.52. The smallest absolute Gasteiger partial charge is 0.410 e. The third-order valence-electron chi connectivity index (χ3n) is 6.14. The van der Waals surface area contributed by atoms with E-state index in [0.29, 0.717) is 25.0 Å². The molecule has 2 aliphatic rings. The molecule has 160 valence electrons. The lowest BCUT2D eigenvalue weighted by molar-refractivity contribution is 0.0242. The van der Waals surface area contributed by atoms with Crippen molar-refractivity contribution in [2.24, 2.45) is 11.8 Å². The second-order valence-corrected chi connectivity index (χ2v) is 9.34. The van der Waals surface area contributed by atoms with Crippen LogP contribution in [0.1, 0.15) is 24.0 Å². The van der Waals surface area contributed by atoms with E-state index in [2.05, 4.69) is 4.90 Å². The van der Waals surface area contributed by atoms with Crippen LogP contribution in [0.5, 0.6) is 0 Å². The first-order valence-corrected chi connectivity index (χ1v) is 11.4. The number of cyclic esters (lactones) is 1. The summed E-state index contributed by atoms with van der Waals surface area (Å²) in [4.78, 5) is 16.5. The first kappa shape index (κ1) is 21.5. The van der Waals surface area contributed by atoms with Crippen LogP contribution in [0.15, 0.2) is 48.5 Å². The summed E-state index contributed by atoms with van der Waals surface area (Å²) in [5.41, 5.74) is 2.29. The molecule has 2 saturated heterocycles. The quantitative estimate of drug-likeness (QED) is 0.585. The van der Waals surface area contributed by atoms with Crippen molar-refractivity contribution in [3.05, 3.63) is 69.7 Å². The Bertz CT molecular complexity index is 854. The third-order valence-corrected chi connectivity index (χ3v) is 6.74. The summed E-state index contributed by atoms with van der Waals surface area (Å²) in [6.45, 7) is 5.01. The van der Waals surface area contributed by atoms with E-state index in [1.807, 2.05) is 53.4 Å². The average molecular weight is 447 g/mol. The maximum absolute atomic E-state index is 12.2. The van der Waals surface area contributed by atoms with E-state index in [1.165, 1.54) is 0 Å². The minimum absolute atomic E-state index is 0.202. The van der Waals surface area contributed by atoms with Gasteiger partial charge in [-0.25, -0.2) is 4.79 Å². The molecule has 0 aliphatic carbocycles. The Hall–Kier alpha value is -1.75. The van der Waals surface area contributed by atoms with Crippen molar-refractivity contribution in [2.75, 3.05) is 32.8 Å². The molecule has 1 amide bonds. The number of nitrogens with zero attached hydrogens (tertiary/aromatic N) is 2. The van der Waals surface area contributed by atoms with E-state index < -0.39 is 0 Å². The van der Waals surface area contributed by atoms with Crippen molar-refractivity contribution in [1.82, 2.24) is 9.80 Å². The number of carbonyl (C=O) groups is 1. The summed E-state index contributed by atoms with van der Waals surface area (Å²) in [5, 5.41) is 1.56. The second kappa shape index (κ2) is 10.0. The Labute approximate surface area is 188 Å². The number of ether oxygens (including phenoxy) is 1. The summed E-state index contributed by atoms with van der Waals surface area (Å²) in [7, 11) is 0. The van der Waals surface area contributed by atoms with Gasteiger partial charge in [0, 0.05) is 35.6 Å². The molecule has 30 heavy (non-hydrogen) atoms. The highest BCUT2D eigenvalue weighted by Gasteiger charge is 2.30. The number of hydrogen-bond donors (Lipinski definition) is 0.